The molecule has 0 radical (unpaired) electrons. The van der Waals surface area contributed by atoms with Crippen molar-refractivity contribution in [1.82, 2.24) is 4.98 Å². The maximum Gasteiger partial charge on any atom is 0.122 e. The van der Waals surface area contributed by atoms with Crippen molar-refractivity contribution in [2.75, 3.05) is 7.11 Å². The highest BCUT2D eigenvalue weighted by Gasteiger charge is 2.11. The molecule has 0 atom stereocenters. The third kappa shape index (κ3) is 2.54. The van der Waals surface area contributed by atoms with Gasteiger partial charge < -0.3 is 9.84 Å². The summed E-state index contributed by atoms with van der Waals surface area (Å²) >= 11 is 1.48. The number of hydrogen-bond donors (Lipinski definition) is 1. The van der Waals surface area contributed by atoms with Crippen LogP contribution in [-0.2, 0) is 6.61 Å². The number of benzene rings is 1. The molecular formula is C14H17NO2S. The van der Waals surface area contributed by atoms with Gasteiger partial charge >= 0.3 is 0 Å². The normalized spacial score (nSPS) is 10.9. The van der Waals surface area contributed by atoms with E-state index in [1.807, 2.05) is 17.5 Å². The number of ether oxygens (including phenoxy) is 1. The van der Waals surface area contributed by atoms with Crippen LogP contribution in [0.15, 0.2) is 23.6 Å². The summed E-state index contributed by atoms with van der Waals surface area (Å²) in [4.78, 5) is 4.38. The summed E-state index contributed by atoms with van der Waals surface area (Å²) in [7, 11) is 1.69. The first kappa shape index (κ1) is 13.1. The number of thiazole rings is 1. The van der Waals surface area contributed by atoms with Gasteiger partial charge in [0.05, 0.1) is 19.4 Å². The van der Waals surface area contributed by atoms with Gasteiger partial charge in [-0.3, -0.25) is 0 Å². The fraction of sp³-hybridized carbons (Fsp3) is 0.357. The molecule has 4 heteroatoms. The predicted octanol–water partition coefficient (Wildman–Crippen LogP) is 3.43. The van der Waals surface area contributed by atoms with Crippen LogP contribution in [0.5, 0.6) is 5.75 Å². The SMILES string of the molecule is COc1ccc(-c2csc(CO)n2)cc1C(C)C. The zero-order valence-corrected chi connectivity index (χ0v) is 11.6. The maximum atomic E-state index is 9.05. The van der Waals surface area contributed by atoms with Gasteiger partial charge in [-0.25, -0.2) is 4.98 Å². The molecule has 0 aliphatic heterocycles. The van der Waals surface area contributed by atoms with E-state index < -0.39 is 0 Å². The second-order valence-corrected chi connectivity index (χ2v) is 5.34. The topological polar surface area (TPSA) is 42.4 Å². The van der Waals surface area contributed by atoms with Crippen molar-refractivity contribution >= 4 is 11.3 Å². The number of aliphatic hydroxyl groups is 1. The Balaban J connectivity index is 2.42. The van der Waals surface area contributed by atoms with Crippen LogP contribution >= 0.6 is 11.3 Å². The van der Waals surface area contributed by atoms with Crippen molar-refractivity contribution in [3.63, 3.8) is 0 Å². The summed E-state index contributed by atoms with van der Waals surface area (Å²) in [5, 5.41) is 11.8. The Morgan fingerprint density at radius 2 is 2.17 bits per heavy atom. The molecule has 1 N–H and O–H groups in total. The Kier molecular flexibility index (Phi) is 3.99. The molecule has 2 aromatic rings. The zero-order chi connectivity index (χ0) is 13.1. The Morgan fingerprint density at radius 1 is 1.39 bits per heavy atom. The molecule has 0 unspecified atom stereocenters. The van der Waals surface area contributed by atoms with E-state index in [1.165, 1.54) is 16.9 Å². The summed E-state index contributed by atoms with van der Waals surface area (Å²) in [6.07, 6.45) is 0. The number of rotatable bonds is 4. The minimum Gasteiger partial charge on any atom is -0.496 e. The summed E-state index contributed by atoms with van der Waals surface area (Å²) in [6, 6.07) is 6.09. The van der Waals surface area contributed by atoms with Gasteiger partial charge in [0.1, 0.15) is 10.8 Å². The Labute approximate surface area is 111 Å². The monoisotopic (exact) mass is 263 g/mol. The van der Waals surface area contributed by atoms with Crippen molar-refractivity contribution in [3.05, 3.63) is 34.2 Å². The zero-order valence-electron chi connectivity index (χ0n) is 10.8. The lowest BCUT2D eigenvalue weighted by molar-refractivity contribution is 0.281. The molecule has 0 saturated carbocycles. The van der Waals surface area contributed by atoms with E-state index in [4.69, 9.17) is 9.84 Å². The molecule has 0 amide bonds. The van der Waals surface area contributed by atoms with Gasteiger partial charge in [0, 0.05) is 10.9 Å². The molecule has 0 saturated heterocycles. The molecule has 1 aromatic carbocycles. The molecule has 1 aromatic heterocycles. The van der Waals surface area contributed by atoms with E-state index in [9.17, 15) is 0 Å². The second kappa shape index (κ2) is 5.50. The first-order valence-corrected chi connectivity index (χ1v) is 6.77. The largest absolute Gasteiger partial charge is 0.496 e. The van der Waals surface area contributed by atoms with Crippen molar-refractivity contribution < 1.29 is 9.84 Å². The van der Waals surface area contributed by atoms with E-state index in [2.05, 4.69) is 24.9 Å². The minimum absolute atomic E-state index is 0.00212. The van der Waals surface area contributed by atoms with Gasteiger partial charge in [0.2, 0.25) is 0 Å². The maximum absolute atomic E-state index is 9.05. The van der Waals surface area contributed by atoms with E-state index in [0.717, 1.165) is 22.0 Å². The van der Waals surface area contributed by atoms with Crippen LogP contribution in [0.1, 0.15) is 30.3 Å². The summed E-state index contributed by atoms with van der Waals surface area (Å²) in [5.74, 6) is 1.31. The van der Waals surface area contributed by atoms with Gasteiger partial charge in [-0.1, -0.05) is 13.8 Å². The molecule has 18 heavy (non-hydrogen) atoms. The van der Waals surface area contributed by atoms with E-state index in [1.54, 1.807) is 7.11 Å². The Hall–Kier alpha value is -1.39. The number of aliphatic hydroxyl groups excluding tert-OH is 1. The van der Waals surface area contributed by atoms with Gasteiger partial charge in [0.25, 0.3) is 0 Å². The molecular weight excluding hydrogens is 246 g/mol. The highest BCUT2D eigenvalue weighted by atomic mass is 32.1. The number of nitrogens with zero attached hydrogens (tertiary/aromatic N) is 1. The summed E-state index contributed by atoms with van der Waals surface area (Å²) in [6.45, 7) is 4.28. The van der Waals surface area contributed by atoms with E-state index in [0.29, 0.717) is 5.92 Å². The van der Waals surface area contributed by atoms with Gasteiger partial charge in [-0.15, -0.1) is 11.3 Å². The van der Waals surface area contributed by atoms with E-state index >= 15 is 0 Å². The molecule has 96 valence electrons. The van der Waals surface area contributed by atoms with Crippen LogP contribution in [-0.4, -0.2) is 17.2 Å². The molecule has 2 rings (SSSR count). The van der Waals surface area contributed by atoms with Crippen LogP contribution in [0.2, 0.25) is 0 Å². The molecule has 0 aliphatic carbocycles. The number of methoxy groups -OCH3 is 1. The molecule has 0 aliphatic rings. The highest BCUT2D eigenvalue weighted by Crippen LogP contribution is 2.31. The lowest BCUT2D eigenvalue weighted by Gasteiger charge is -2.12. The Bertz CT molecular complexity index is 534. The average molecular weight is 263 g/mol. The average Bonchev–Trinajstić information content (AvgIpc) is 2.86. The summed E-state index contributed by atoms with van der Waals surface area (Å²) in [5.41, 5.74) is 3.15. The first-order chi connectivity index (χ1) is 8.65. The highest BCUT2D eigenvalue weighted by molar-refractivity contribution is 7.09. The Morgan fingerprint density at radius 3 is 2.72 bits per heavy atom. The van der Waals surface area contributed by atoms with Crippen LogP contribution < -0.4 is 4.74 Å². The molecule has 0 fully saturated rings. The lowest BCUT2D eigenvalue weighted by atomic mass is 9.99. The standard InChI is InChI=1S/C14H17NO2S/c1-9(2)11-6-10(4-5-13(11)17-3)12-8-18-14(7-16)15-12/h4-6,8-9,16H,7H2,1-3H3. The second-order valence-electron chi connectivity index (χ2n) is 4.40. The first-order valence-electron chi connectivity index (χ1n) is 5.89. The fourth-order valence-corrected chi connectivity index (χ4v) is 2.52. The van der Waals surface area contributed by atoms with Crippen molar-refractivity contribution in [2.24, 2.45) is 0 Å². The third-order valence-electron chi connectivity index (χ3n) is 2.83. The lowest BCUT2D eigenvalue weighted by Crippen LogP contribution is -1.95. The van der Waals surface area contributed by atoms with Crippen LogP contribution in [0.25, 0.3) is 11.3 Å². The summed E-state index contributed by atoms with van der Waals surface area (Å²) < 4.78 is 5.37. The smallest absolute Gasteiger partial charge is 0.122 e. The fourth-order valence-electron chi connectivity index (χ4n) is 1.86. The predicted molar refractivity (Wildman–Crippen MR) is 74.1 cm³/mol. The molecule has 0 bridgehead atoms. The van der Waals surface area contributed by atoms with Gasteiger partial charge in [-0.2, -0.15) is 0 Å². The molecule has 1 heterocycles. The van der Waals surface area contributed by atoms with Crippen molar-refractivity contribution in [3.8, 4) is 17.0 Å². The van der Waals surface area contributed by atoms with Gasteiger partial charge in [0.15, 0.2) is 0 Å². The van der Waals surface area contributed by atoms with Crippen LogP contribution in [0.3, 0.4) is 0 Å². The minimum atomic E-state index is -0.00212. The quantitative estimate of drug-likeness (QED) is 0.919. The van der Waals surface area contributed by atoms with Crippen LogP contribution in [0.4, 0.5) is 0 Å². The number of aromatic nitrogens is 1. The van der Waals surface area contributed by atoms with Crippen LogP contribution in [0, 0.1) is 0 Å². The van der Waals surface area contributed by atoms with Gasteiger partial charge in [-0.05, 0) is 29.7 Å². The van der Waals surface area contributed by atoms with E-state index in [-0.39, 0.29) is 6.61 Å². The van der Waals surface area contributed by atoms with Crippen molar-refractivity contribution in [2.45, 2.75) is 26.4 Å². The molecule has 3 nitrogen and oxygen atoms in total. The molecule has 0 spiro atoms. The third-order valence-corrected chi connectivity index (χ3v) is 3.67. The number of hydrogen-bond acceptors (Lipinski definition) is 4. The van der Waals surface area contributed by atoms with Crippen molar-refractivity contribution in [1.29, 1.82) is 0 Å².